The van der Waals surface area contributed by atoms with E-state index in [2.05, 4.69) is 0 Å². The lowest BCUT2D eigenvalue weighted by Gasteiger charge is -2.22. The Morgan fingerprint density at radius 3 is 2.38 bits per heavy atom. The second-order valence-electron chi connectivity index (χ2n) is 5.91. The summed E-state index contributed by atoms with van der Waals surface area (Å²) in [5, 5.41) is 0.898. The maximum atomic E-state index is 12.7. The molecule has 0 spiro atoms. The fraction of sp³-hybridized carbons (Fsp3) is 0.150. The molecule has 1 amide bonds. The third-order valence-corrected chi connectivity index (χ3v) is 4.58. The molecule has 6 heteroatoms. The van der Waals surface area contributed by atoms with Crippen molar-refractivity contribution in [1.82, 2.24) is 4.90 Å². The van der Waals surface area contributed by atoms with E-state index < -0.39 is 11.6 Å². The number of nitrogens with zero attached hydrogens (tertiary/aromatic N) is 1. The van der Waals surface area contributed by atoms with E-state index in [0.29, 0.717) is 34.1 Å². The molecule has 0 saturated carbocycles. The lowest BCUT2D eigenvalue weighted by Crippen LogP contribution is -2.39. The molecule has 0 bridgehead atoms. The standard InChI is InChI=1S/C20H15Cl2NO3/c21-15-7-5-14(6-8-15)20(26)23-10-2-1-3-13-4-9-16(22)11-17(13)19(25)18(24)12-23/h1,3-9,11H,2,10,12H2. The smallest absolute Gasteiger partial charge is 0.254 e. The first-order chi connectivity index (χ1) is 12.5. The van der Waals surface area contributed by atoms with E-state index in [1.165, 1.54) is 11.0 Å². The molecule has 1 aliphatic heterocycles. The topological polar surface area (TPSA) is 54.5 Å². The maximum Gasteiger partial charge on any atom is 0.254 e. The molecule has 2 aromatic carbocycles. The number of rotatable bonds is 1. The van der Waals surface area contributed by atoms with Crippen molar-refractivity contribution in [3.05, 3.63) is 75.3 Å². The molecule has 1 heterocycles. The molecule has 4 nitrogen and oxygen atoms in total. The third-order valence-electron chi connectivity index (χ3n) is 4.09. The van der Waals surface area contributed by atoms with E-state index in [9.17, 15) is 14.4 Å². The average Bonchev–Trinajstić information content (AvgIpc) is 2.64. The van der Waals surface area contributed by atoms with Crippen LogP contribution in [0.3, 0.4) is 0 Å². The minimum Gasteiger partial charge on any atom is -0.330 e. The van der Waals surface area contributed by atoms with Crippen molar-refractivity contribution in [1.29, 1.82) is 0 Å². The van der Waals surface area contributed by atoms with Crippen molar-refractivity contribution in [3.63, 3.8) is 0 Å². The van der Waals surface area contributed by atoms with Gasteiger partial charge in [0.1, 0.15) is 0 Å². The predicted octanol–water partition coefficient (Wildman–Crippen LogP) is 4.30. The minimum atomic E-state index is -0.650. The first kappa shape index (κ1) is 18.4. The summed E-state index contributed by atoms with van der Waals surface area (Å²) in [5.41, 5.74) is 1.31. The largest absolute Gasteiger partial charge is 0.330 e. The van der Waals surface area contributed by atoms with Gasteiger partial charge < -0.3 is 4.90 Å². The number of hydrogen-bond donors (Lipinski definition) is 0. The highest BCUT2D eigenvalue weighted by molar-refractivity contribution is 6.45. The number of carbonyl (C=O) groups is 3. The highest BCUT2D eigenvalue weighted by Gasteiger charge is 2.25. The monoisotopic (exact) mass is 387 g/mol. The Bertz CT molecular complexity index is 904. The van der Waals surface area contributed by atoms with Crippen LogP contribution in [0.25, 0.3) is 6.08 Å². The highest BCUT2D eigenvalue weighted by Crippen LogP contribution is 2.20. The van der Waals surface area contributed by atoms with Crippen LogP contribution in [-0.2, 0) is 4.79 Å². The molecule has 0 unspecified atom stereocenters. The van der Waals surface area contributed by atoms with Gasteiger partial charge in [-0.15, -0.1) is 0 Å². The predicted molar refractivity (Wildman–Crippen MR) is 102 cm³/mol. The number of hydrogen-bond acceptors (Lipinski definition) is 3. The molecule has 0 N–H and O–H groups in total. The van der Waals surface area contributed by atoms with Gasteiger partial charge in [-0.2, -0.15) is 0 Å². The summed E-state index contributed by atoms with van der Waals surface area (Å²) in [6.07, 6.45) is 4.20. The van der Waals surface area contributed by atoms with Gasteiger partial charge in [-0.25, -0.2) is 0 Å². The molecule has 0 saturated heterocycles. The van der Waals surface area contributed by atoms with Gasteiger partial charge in [0.25, 0.3) is 5.91 Å². The summed E-state index contributed by atoms with van der Waals surface area (Å²) in [4.78, 5) is 39.1. The first-order valence-electron chi connectivity index (χ1n) is 8.04. The van der Waals surface area contributed by atoms with Crippen molar-refractivity contribution < 1.29 is 14.4 Å². The van der Waals surface area contributed by atoms with Gasteiger partial charge >= 0.3 is 0 Å². The van der Waals surface area contributed by atoms with Gasteiger partial charge in [0.05, 0.1) is 6.54 Å². The summed E-state index contributed by atoms with van der Waals surface area (Å²) >= 11 is 11.8. The van der Waals surface area contributed by atoms with Gasteiger partial charge in [0, 0.05) is 27.7 Å². The maximum absolute atomic E-state index is 12.7. The van der Waals surface area contributed by atoms with Gasteiger partial charge in [-0.05, 0) is 48.4 Å². The Balaban J connectivity index is 1.90. The fourth-order valence-corrected chi connectivity index (χ4v) is 3.03. The van der Waals surface area contributed by atoms with Crippen LogP contribution in [0.1, 0.15) is 32.7 Å². The highest BCUT2D eigenvalue weighted by atomic mass is 35.5. The Morgan fingerprint density at radius 2 is 1.65 bits per heavy atom. The molecular formula is C20H15Cl2NO3. The molecule has 0 aliphatic carbocycles. The molecule has 132 valence electrons. The van der Waals surface area contributed by atoms with Crippen LogP contribution in [0.5, 0.6) is 0 Å². The van der Waals surface area contributed by atoms with Crippen LogP contribution >= 0.6 is 23.2 Å². The molecule has 2 aromatic rings. The zero-order valence-electron chi connectivity index (χ0n) is 13.7. The van der Waals surface area contributed by atoms with E-state index in [1.807, 2.05) is 6.08 Å². The van der Waals surface area contributed by atoms with Crippen molar-refractivity contribution in [3.8, 4) is 0 Å². The summed E-state index contributed by atoms with van der Waals surface area (Å²) in [5.74, 6) is -1.61. The van der Waals surface area contributed by atoms with Crippen molar-refractivity contribution in [2.75, 3.05) is 13.1 Å². The van der Waals surface area contributed by atoms with Crippen LogP contribution in [0.4, 0.5) is 0 Å². The molecule has 0 aromatic heterocycles. The van der Waals surface area contributed by atoms with Crippen LogP contribution in [-0.4, -0.2) is 35.5 Å². The number of carbonyl (C=O) groups excluding carboxylic acids is 3. The summed E-state index contributed by atoms with van der Waals surface area (Å²) in [6.45, 7) is 0.0555. The zero-order valence-corrected chi connectivity index (χ0v) is 15.3. The molecule has 0 radical (unpaired) electrons. The van der Waals surface area contributed by atoms with Crippen LogP contribution < -0.4 is 0 Å². The number of fused-ring (bicyclic) bond motifs is 1. The summed E-state index contributed by atoms with van der Waals surface area (Å²) < 4.78 is 0. The summed E-state index contributed by atoms with van der Waals surface area (Å²) in [6, 6.07) is 11.3. The zero-order chi connectivity index (χ0) is 18.7. The van der Waals surface area contributed by atoms with E-state index in [1.54, 1.807) is 42.5 Å². The van der Waals surface area contributed by atoms with Gasteiger partial charge in [-0.3, -0.25) is 14.4 Å². The second-order valence-corrected chi connectivity index (χ2v) is 6.78. The first-order valence-corrected chi connectivity index (χ1v) is 8.80. The number of benzene rings is 2. The van der Waals surface area contributed by atoms with Crippen LogP contribution in [0, 0.1) is 0 Å². The SMILES string of the molecule is O=C1CN(C(=O)c2ccc(Cl)cc2)CCC=Cc2ccc(Cl)cc2C1=O. The molecule has 1 aliphatic rings. The normalized spacial score (nSPS) is 14.9. The van der Waals surface area contributed by atoms with Gasteiger partial charge in [0.15, 0.2) is 0 Å². The van der Waals surface area contributed by atoms with E-state index in [0.717, 1.165) is 0 Å². The Labute approximate surface area is 161 Å². The van der Waals surface area contributed by atoms with Crippen molar-refractivity contribution >= 4 is 46.8 Å². The Morgan fingerprint density at radius 1 is 0.962 bits per heavy atom. The molecule has 3 rings (SSSR count). The number of ketones is 2. The molecule has 0 fully saturated rings. The van der Waals surface area contributed by atoms with Crippen LogP contribution in [0.15, 0.2) is 48.5 Å². The molecule has 26 heavy (non-hydrogen) atoms. The average molecular weight is 388 g/mol. The van der Waals surface area contributed by atoms with Gasteiger partial charge in [-0.1, -0.05) is 41.4 Å². The van der Waals surface area contributed by atoms with Crippen LogP contribution in [0.2, 0.25) is 10.0 Å². The number of halogens is 2. The Hall–Kier alpha value is -2.43. The van der Waals surface area contributed by atoms with E-state index >= 15 is 0 Å². The fourth-order valence-electron chi connectivity index (χ4n) is 2.73. The third kappa shape index (κ3) is 4.03. The number of amides is 1. The molecule has 0 atom stereocenters. The van der Waals surface area contributed by atoms with Crippen molar-refractivity contribution in [2.45, 2.75) is 6.42 Å². The van der Waals surface area contributed by atoms with E-state index in [-0.39, 0.29) is 18.0 Å². The lowest BCUT2D eigenvalue weighted by atomic mass is 9.99. The number of Topliss-reactive ketones (excluding diaryl/α,β-unsaturated/α-hetero) is 2. The van der Waals surface area contributed by atoms with E-state index in [4.69, 9.17) is 23.2 Å². The minimum absolute atomic E-state index is 0.250. The Kier molecular flexibility index (Phi) is 5.55. The lowest BCUT2D eigenvalue weighted by molar-refractivity contribution is -0.115. The summed E-state index contributed by atoms with van der Waals surface area (Å²) in [7, 11) is 0. The van der Waals surface area contributed by atoms with Crippen molar-refractivity contribution in [2.24, 2.45) is 0 Å². The van der Waals surface area contributed by atoms with Gasteiger partial charge in [0.2, 0.25) is 11.6 Å². The quantitative estimate of drug-likeness (QED) is 0.685. The second kappa shape index (κ2) is 7.85. The molecular weight excluding hydrogens is 373 g/mol.